The van der Waals surface area contributed by atoms with Gasteiger partial charge in [0.2, 0.25) is 0 Å². The van der Waals surface area contributed by atoms with Crippen molar-refractivity contribution in [2.24, 2.45) is 0 Å². The largest absolute Gasteiger partial charge is 0.358 e. The Bertz CT molecular complexity index is 605. The average molecular weight is 262 g/mol. The number of hydrogen-bond acceptors (Lipinski definition) is 3. The van der Waals surface area contributed by atoms with Crippen LogP contribution in [0.3, 0.4) is 0 Å². The molecule has 5 heteroatoms. The third-order valence-corrected chi connectivity index (χ3v) is 4.06. The summed E-state index contributed by atoms with van der Waals surface area (Å²) < 4.78 is 0.646. The second-order valence-electron chi connectivity index (χ2n) is 4.96. The van der Waals surface area contributed by atoms with Crippen molar-refractivity contribution in [1.29, 1.82) is 0 Å². The molecule has 0 amide bonds. The summed E-state index contributed by atoms with van der Waals surface area (Å²) in [5.74, 6) is 1.21. The van der Waals surface area contributed by atoms with Crippen LogP contribution in [0.15, 0.2) is 6.33 Å². The minimum Gasteiger partial charge on any atom is -0.358 e. The Morgan fingerprint density at radius 1 is 1.17 bits per heavy atom. The fourth-order valence-corrected chi connectivity index (χ4v) is 2.96. The molecular formula is C13H18N4S. The van der Waals surface area contributed by atoms with Crippen molar-refractivity contribution in [2.75, 3.05) is 18.0 Å². The summed E-state index contributed by atoms with van der Waals surface area (Å²) in [6.07, 6.45) is 6.91. The van der Waals surface area contributed by atoms with Crippen LogP contribution in [0.2, 0.25) is 0 Å². The Kier molecular flexibility index (Phi) is 3.07. The molecule has 18 heavy (non-hydrogen) atoms. The fraction of sp³-hybridized carbons (Fsp3) is 0.538. The highest BCUT2D eigenvalue weighted by molar-refractivity contribution is 7.71. The maximum absolute atomic E-state index is 5.27. The van der Waals surface area contributed by atoms with Crippen molar-refractivity contribution < 1.29 is 0 Å². The summed E-state index contributed by atoms with van der Waals surface area (Å²) in [7, 11) is 0. The summed E-state index contributed by atoms with van der Waals surface area (Å²) in [4.78, 5) is 13.2. The SMILES string of the molecule is Cc1c(N2CCCCCC2)[nH]c2c(=S)nc[nH]c12. The van der Waals surface area contributed by atoms with Gasteiger partial charge in [0.05, 0.1) is 11.8 Å². The van der Waals surface area contributed by atoms with Crippen LogP contribution in [0.1, 0.15) is 31.2 Å². The highest BCUT2D eigenvalue weighted by Crippen LogP contribution is 2.28. The van der Waals surface area contributed by atoms with Crippen LogP contribution < -0.4 is 4.90 Å². The van der Waals surface area contributed by atoms with Crippen LogP contribution in [-0.4, -0.2) is 28.0 Å². The van der Waals surface area contributed by atoms with Gasteiger partial charge in [0.1, 0.15) is 11.3 Å². The Morgan fingerprint density at radius 3 is 2.56 bits per heavy atom. The molecule has 3 heterocycles. The lowest BCUT2D eigenvalue weighted by atomic mass is 10.2. The summed E-state index contributed by atoms with van der Waals surface area (Å²) in [6.45, 7) is 4.41. The molecule has 0 unspecified atom stereocenters. The number of hydrogen-bond donors (Lipinski definition) is 2. The molecule has 96 valence electrons. The van der Waals surface area contributed by atoms with Crippen molar-refractivity contribution in [2.45, 2.75) is 32.6 Å². The topological polar surface area (TPSA) is 47.7 Å². The van der Waals surface area contributed by atoms with Crippen LogP contribution in [-0.2, 0) is 0 Å². The zero-order valence-electron chi connectivity index (χ0n) is 10.6. The van der Waals surface area contributed by atoms with E-state index in [0.29, 0.717) is 4.64 Å². The summed E-state index contributed by atoms with van der Waals surface area (Å²) in [5.41, 5.74) is 3.30. The van der Waals surface area contributed by atoms with Gasteiger partial charge in [-0.2, -0.15) is 0 Å². The van der Waals surface area contributed by atoms with Gasteiger partial charge in [-0.3, -0.25) is 0 Å². The molecule has 0 radical (unpaired) electrons. The molecule has 3 rings (SSSR count). The summed E-state index contributed by atoms with van der Waals surface area (Å²) in [5, 5.41) is 0. The molecule has 0 spiro atoms. The van der Waals surface area contributed by atoms with E-state index in [0.717, 1.165) is 24.1 Å². The molecule has 1 aliphatic rings. The van der Waals surface area contributed by atoms with E-state index in [2.05, 4.69) is 26.8 Å². The van der Waals surface area contributed by atoms with Crippen LogP contribution in [0.4, 0.5) is 5.82 Å². The van der Waals surface area contributed by atoms with Crippen molar-refractivity contribution in [3.63, 3.8) is 0 Å². The monoisotopic (exact) mass is 262 g/mol. The molecule has 0 atom stereocenters. The summed E-state index contributed by atoms with van der Waals surface area (Å²) in [6, 6.07) is 0. The second kappa shape index (κ2) is 4.72. The molecule has 1 fully saturated rings. The standard InChI is InChI=1S/C13H18N4S/c1-9-10-11(13(18)15-8-14-10)16-12(9)17-6-4-2-3-5-7-17/h8,16H,2-7H2,1H3,(H,14,15,18). The maximum atomic E-state index is 5.27. The lowest BCUT2D eigenvalue weighted by Gasteiger charge is -2.21. The van der Waals surface area contributed by atoms with Crippen LogP contribution in [0, 0.1) is 11.6 Å². The number of aromatic amines is 2. The molecule has 4 nitrogen and oxygen atoms in total. The van der Waals surface area contributed by atoms with E-state index < -0.39 is 0 Å². The molecule has 2 aromatic heterocycles. The lowest BCUT2D eigenvalue weighted by molar-refractivity contribution is 0.726. The first kappa shape index (κ1) is 11.7. The number of anilines is 1. The molecule has 1 saturated heterocycles. The normalized spacial score (nSPS) is 17.1. The second-order valence-corrected chi connectivity index (χ2v) is 5.34. The highest BCUT2D eigenvalue weighted by atomic mass is 32.1. The van der Waals surface area contributed by atoms with E-state index in [-0.39, 0.29) is 0 Å². The van der Waals surface area contributed by atoms with E-state index in [1.54, 1.807) is 6.33 Å². The van der Waals surface area contributed by atoms with Crippen molar-refractivity contribution in [3.05, 3.63) is 16.5 Å². The van der Waals surface area contributed by atoms with Crippen molar-refractivity contribution >= 4 is 29.1 Å². The third-order valence-electron chi connectivity index (χ3n) is 3.75. The van der Waals surface area contributed by atoms with Crippen LogP contribution in [0.5, 0.6) is 0 Å². The Balaban J connectivity index is 2.08. The molecule has 1 aliphatic heterocycles. The number of fused-ring (bicyclic) bond motifs is 1. The van der Waals surface area contributed by atoms with E-state index in [9.17, 15) is 0 Å². The van der Waals surface area contributed by atoms with Gasteiger partial charge in [0, 0.05) is 18.7 Å². The van der Waals surface area contributed by atoms with Crippen LogP contribution in [0.25, 0.3) is 11.0 Å². The van der Waals surface area contributed by atoms with E-state index in [1.807, 2.05) is 0 Å². The van der Waals surface area contributed by atoms with Gasteiger partial charge in [0.25, 0.3) is 0 Å². The number of aryl methyl sites for hydroxylation is 1. The Hall–Kier alpha value is -1.36. The number of nitrogens with zero attached hydrogens (tertiary/aromatic N) is 2. The van der Waals surface area contributed by atoms with Gasteiger partial charge in [-0.15, -0.1) is 0 Å². The minimum atomic E-state index is 0.646. The third kappa shape index (κ3) is 1.92. The first-order chi connectivity index (χ1) is 8.77. The van der Waals surface area contributed by atoms with Gasteiger partial charge < -0.3 is 14.9 Å². The number of aromatic nitrogens is 3. The average Bonchev–Trinajstić information content (AvgIpc) is 2.57. The first-order valence-electron chi connectivity index (χ1n) is 6.58. The molecule has 2 aromatic rings. The predicted octanol–water partition coefficient (Wildman–Crippen LogP) is 3.31. The molecular weight excluding hydrogens is 244 g/mol. The first-order valence-corrected chi connectivity index (χ1v) is 6.99. The zero-order chi connectivity index (χ0) is 12.5. The minimum absolute atomic E-state index is 0.646. The van der Waals surface area contributed by atoms with Crippen molar-refractivity contribution in [3.8, 4) is 0 Å². The zero-order valence-corrected chi connectivity index (χ0v) is 11.4. The number of nitrogens with one attached hydrogen (secondary N) is 2. The maximum Gasteiger partial charge on any atom is 0.153 e. The summed E-state index contributed by atoms with van der Waals surface area (Å²) >= 11 is 5.27. The van der Waals surface area contributed by atoms with E-state index in [1.165, 1.54) is 37.1 Å². The number of rotatable bonds is 1. The fourth-order valence-electron chi connectivity index (χ4n) is 2.75. The predicted molar refractivity (Wildman–Crippen MR) is 76.7 cm³/mol. The quantitative estimate of drug-likeness (QED) is 0.775. The van der Waals surface area contributed by atoms with Crippen LogP contribution >= 0.6 is 12.2 Å². The van der Waals surface area contributed by atoms with Gasteiger partial charge in [-0.05, 0) is 19.8 Å². The van der Waals surface area contributed by atoms with E-state index >= 15 is 0 Å². The molecule has 0 bridgehead atoms. The van der Waals surface area contributed by atoms with Gasteiger partial charge in [-0.25, -0.2) is 4.98 Å². The smallest absolute Gasteiger partial charge is 0.153 e. The lowest BCUT2D eigenvalue weighted by Crippen LogP contribution is -2.24. The van der Waals surface area contributed by atoms with Crippen molar-refractivity contribution in [1.82, 2.24) is 15.0 Å². The van der Waals surface area contributed by atoms with Gasteiger partial charge >= 0.3 is 0 Å². The number of H-pyrrole nitrogens is 2. The van der Waals surface area contributed by atoms with Gasteiger partial charge in [0.15, 0.2) is 4.64 Å². The van der Waals surface area contributed by atoms with Gasteiger partial charge in [-0.1, -0.05) is 25.1 Å². The molecule has 0 aliphatic carbocycles. The highest BCUT2D eigenvalue weighted by Gasteiger charge is 2.16. The molecule has 2 N–H and O–H groups in total. The Labute approximate surface area is 111 Å². The Morgan fingerprint density at radius 2 is 1.89 bits per heavy atom. The molecule has 0 aromatic carbocycles. The molecule has 0 saturated carbocycles. The van der Waals surface area contributed by atoms with E-state index in [4.69, 9.17) is 12.2 Å².